The van der Waals surface area contributed by atoms with E-state index in [1.54, 1.807) is 25.4 Å². The largest absolute Gasteiger partial charge is 0.490 e. The number of aryl methyl sites for hydroxylation is 1. The van der Waals surface area contributed by atoms with Crippen molar-refractivity contribution in [2.24, 2.45) is 12.8 Å². The minimum Gasteiger partial charge on any atom is -0.475 e. The molecule has 16 heteroatoms. The summed E-state index contributed by atoms with van der Waals surface area (Å²) in [5.41, 5.74) is 6.79. The lowest BCUT2D eigenvalue weighted by Crippen LogP contribution is -2.54. The maximum Gasteiger partial charge on any atom is 0.490 e. The van der Waals surface area contributed by atoms with Crippen molar-refractivity contribution in [3.63, 3.8) is 0 Å². The van der Waals surface area contributed by atoms with Crippen LogP contribution >= 0.6 is 0 Å². The molecule has 0 unspecified atom stereocenters. The average molecular weight is 591 g/mol. The molecule has 3 aromatic heterocycles. The lowest BCUT2D eigenvalue weighted by Gasteiger charge is -2.37. The molecule has 1 aliphatic heterocycles. The van der Waals surface area contributed by atoms with Gasteiger partial charge in [0.25, 0.3) is 5.91 Å². The minimum absolute atomic E-state index is 0.197. The van der Waals surface area contributed by atoms with E-state index in [0.29, 0.717) is 35.2 Å². The summed E-state index contributed by atoms with van der Waals surface area (Å²) in [6.45, 7) is 5.56. The summed E-state index contributed by atoms with van der Waals surface area (Å²) in [7, 11) is 1.70. The van der Waals surface area contributed by atoms with E-state index in [4.69, 9.17) is 15.6 Å². The number of carboxylic acid groups (broad SMARTS) is 1. The van der Waals surface area contributed by atoms with E-state index < -0.39 is 29.8 Å². The molecule has 2 amide bonds. The molecule has 1 saturated heterocycles. The second kappa shape index (κ2) is 11.6. The number of halogens is 4. The predicted octanol–water partition coefficient (Wildman–Crippen LogP) is 2.83. The molecular formula is C26H26F4N8O4. The van der Waals surface area contributed by atoms with E-state index in [0.717, 1.165) is 0 Å². The fourth-order valence-electron chi connectivity index (χ4n) is 4.64. The molecule has 1 aliphatic rings. The molecule has 2 atom stereocenters. The number of amides is 2. The molecular weight excluding hydrogens is 564 g/mol. The summed E-state index contributed by atoms with van der Waals surface area (Å²) in [6, 6.07) is 4.93. The number of alkyl halides is 3. The topological polar surface area (TPSA) is 168 Å². The molecule has 5 N–H and O–H groups in total. The Kier molecular flexibility index (Phi) is 8.28. The molecule has 4 aromatic rings. The third-order valence-corrected chi connectivity index (χ3v) is 6.26. The third-order valence-electron chi connectivity index (χ3n) is 6.26. The van der Waals surface area contributed by atoms with E-state index in [9.17, 15) is 27.2 Å². The first kappa shape index (κ1) is 30.1. The number of aliphatic carboxylic acids is 1. The Balaban J connectivity index is 0.000000517. The van der Waals surface area contributed by atoms with Crippen LogP contribution in [0, 0.1) is 5.82 Å². The van der Waals surface area contributed by atoms with Gasteiger partial charge in [0.15, 0.2) is 5.82 Å². The Bertz CT molecular complexity index is 1680. The van der Waals surface area contributed by atoms with E-state index in [1.165, 1.54) is 23.1 Å². The van der Waals surface area contributed by atoms with Crippen LogP contribution in [0.5, 0.6) is 0 Å². The zero-order valence-corrected chi connectivity index (χ0v) is 22.5. The Hall–Kier alpha value is -4.86. The zero-order valence-electron chi connectivity index (χ0n) is 22.5. The van der Waals surface area contributed by atoms with E-state index in [-0.39, 0.29) is 34.4 Å². The first-order chi connectivity index (χ1) is 19.6. The van der Waals surface area contributed by atoms with Crippen molar-refractivity contribution in [3.05, 3.63) is 53.7 Å². The normalized spacial score (nSPS) is 17.1. The predicted molar refractivity (Wildman–Crippen MR) is 145 cm³/mol. The highest BCUT2D eigenvalue weighted by Crippen LogP contribution is 2.29. The number of anilines is 2. The quantitative estimate of drug-likeness (QED) is 0.261. The van der Waals surface area contributed by atoms with Gasteiger partial charge in [-0.15, -0.1) is 0 Å². The van der Waals surface area contributed by atoms with Gasteiger partial charge in [0, 0.05) is 67.3 Å². The first-order valence-electron chi connectivity index (χ1n) is 12.5. The van der Waals surface area contributed by atoms with Gasteiger partial charge in [-0.1, -0.05) is 0 Å². The van der Waals surface area contributed by atoms with Crippen LogP contribution in [0.25, 0.3) is 21.8 Å². The summed E-state index contributed by atoms with van der Waals surface area (Å²) in [6.07, 6.45) is -0.613. The molecule has 0 radical (unpaired) electrons. The van der Waals surface area contributed by atoms with Crippen molar-refractivity contribution in [2.75, 3.05) is 23.3 Å². The van der Waals surface area contributed by atoms with Crippen LogP contribution in [0.2, 0.25) is 0 Å². The molecule has 222 valence electrons. The summed E-state index contributed by atoms with van der Waals surface area (Å²) >= 11 is 0. The van der Waals surface area contributed by atoms with Gasteiger partial charge in [0.05, 0.1) is 16.6 Å². The average Bonchev–Trinajstić information content (AvgIpc) is 3.27. The standard InChI is InChI=1S/C24H25FN8O2.C2HF3O2/c1-12-9-33(10-13(2)29-12)23-17-5-14(22(26)34)7-27-21(17)18(8-28-23)24(35)30-16-4-15-11-32(3)31-20(15)19(25)6-16;3-2(4,5)1(6)7/h4-8,11-13,29H,9-10H2,1-3H3,(H2,26,34)(H,30,35);(H,6,7)/t12-,13+;. The summed E-state index contributed by atoms with van der Waals surface area (Å²) < 4.78 is 47.7. The Morgan fingerprint density at radius 2 is 1.71 bits per heavy atom. The van der Waals surface area contributed by atoms with Crippen LogP contribution in [-0.4, -0.2) is 74.0 Å². The van der Waals surface area contributed by atoms with Crippen molar-refractivity contribution in [3.8, 4) is 0 Å². The summed E-state index contributed by atoms with van der Waals surface area (Å²) in [5.74, 6) is -3.80. The number of carboxylic acids is 1. The van der Waals surface area contributed by atoms with E-state index in [2.05, 4.69) is 44.4 Å². The summed E-state index contributed by atoms with van der Waals surface area (Å²) in [5, 5.41) is 18.5. The van der Waals surface area contributed by atoms with Gasteiger partial charge in [0.2, 0.25) is 5.91 Å². The number of fused-ring (bicyclic) bond motifs is 2. The first-order valence-corrected chi connectivity index (χ1v) is 12.5. The molecule has 5 rings (SSSR count). The van der Waals surface area contributed by atoms with Gasteiger partial charge >= 0.3 is 12.1 Å². The minimum atomic E-state index is -5.08. The number of carbonyl (C=O) groups excluding carboxylic acids is 2. The highest BCUT2D eigenvalue weighted by Gasteiger charge is 2.38. The zero-order chi connectivity index (χ0) is 30.9. The molecule has 0 spiro atoms. The Morgan fingerprint density at radius 3 is 2.31 bits per heavy atom. The highest BCUT2D eigenvalue weighted by atomic mass is 19.4. The number of pyridine rings is 2. The van der Waals surface area contributed by atoms with Crippen molar-refractivity contribution in [1.29, 1.82) is 0 Å². The second-order valence-electron chi connectivity index (χ2n) is 9.81. The summed E-state index contributed by atoms with van der Waals surface area (Å²) in [4.78, 5) is 45.1. The number of nitrogens with two attached hydrogens (primary N) is 1. The van der Waals surface area contributed by atoms with Crippen molar-refractivity contribution < 1.29 is 37.1 Å². The lowest BCUT2D eigenvalue weighted by atomic mass is 10.1. The fourth-order valence-corrected chi connectivity index (χ4v) is 4.64. The molecule has 0 bridgehead atoms. The van der Waals surface area contributed by atoms with Gasteiger partial charge in [-0.05, 0) is 32.0 Å². The molecule has 1 fully saturated rings. The van der Waals surface area contributed by atoms with Crippen molar-refractivity contribution >= 4 is 51.1 Å². The van der Waals surface area contributed by atoms with Gasteiger partial charge in [-0.3, -0.25) is 19.3 Å². The fraction of sp³-hybridized carbons (Fsp3) is 0.308. The molecule has 0 aliphatic carbocycles. The van der Waals surface area contributed by atoms with Crippen LogP contribution in [0.4, 0.5) is 29.1 Å². The Labute approximate surface area is 235 Å². The van der Waals surface area contributed by atoms with Crippen molar-refractivity contribution in [1.82, 2.24) is 25.1 Å². The number of hydrogen-bond acceptors (Lipinski definition) is 8. The Morgan fingerprint density at radius 1 is 1.07 bits per heavy atom. The van der Waals surface area contributed by atoms with Gasteiger partial charge < -0.3 is 26.4 Å². The number of rotatable bonds is 4. The lowest BCUT2D eigenvalue weighted by molar-refractivity contribution is -0.192. The number of primary amides is 1. The van der Waals surface area contributed by atoms with Crippen LogP contribution in [0.3, 0.4) is 0 Å². The van der Waals surface area contributed by atoms with Crippen LogP contribution < -0.4 is 21.3 Å². The number of carbonyl (C=O) groups is 3. The van der Waals surface area contributed by atoms with Gasteiger partial charge in [-0.2, -0.15) is 18.3 Å². The highest BCUT2D eigenvalue weighted by molar-refractivity contribution is 6.14. The number of aromatic nitrogens is 4. The second-order valence-corrected chi connectivity index (χ2v) is 9.81. The van der Waals surface area contributed by atoms with Crippen LogP contribution in [-0.2, 0) is 11.8 Å². The maximum atomic E-state index is 14.5. The number of nitrogens with zero attached hydrogens (tertiary/aromatic N) is 5. The van der Waals surface area contributed by atoms with E-state index >= 15 is 0 Å². The molecule has 1 aromatic carbocycles. The molecule has 42 heavy (non-hydrogen) atoms. The molecule has 4 heterocycles. The van der Waals surface area contributed by atoms with Gasteiger partial charge in [0.1, 0.15) is 11.3 Å². The molecule has 0 saturated carbocycles. The van der Waals surface area contributed by atoms with Crippen LogP contribution in [0.15, 0.2) is 36.8 Å². The number of nitrogens with one attached hydrogen (secondary N) is 2. The number of piperazine rings is 1. The maximum absolute atomic E-state index is 14.5. The number of hydrogen-bond donors (Lipinski definition) is 4. The smallest absolute Gasteiger partial charge is 0.475 e. The SMILES string of the molecule is C[C@@H]1CN(c2ncc(C(=O)Nc3cc(F)c4nn(C)cc4c3)c3ncc(C(N)=O)cc23)C[C@H](C)N1.O=C(O)C(F)(F)F. The van der Waals surface area contributed by atoms with E-state index in [1.807, 2.05) is 0 Å². The number of benzene rings is 1. The van der Waals surface area contributed by atoms with Gasteiger partial charge in [-0.25, -0.2) is 14.2 Å². The molecule has 12 nitrogen and oxygen atoms in total. The van der Waals surface area contributed by atoms with Crippen molar-refractivity contribution in [2.45, 2.75) is 32.1 Å². The third kappa shape index (κ3) is 6.54. The monoisotopic (exact) mass is 590 g/mol. The van der Waals surface area contributed by atoms with Crippen LogP contribution in [0.1, 0.15) is 34.6 Å².